The van der Waals surface area contributed by atoms with Crippen molar-refractivity contribution in [2.45, 2.75) is 57.7 Å². The molecule has 0 saturated carbocycles. The molecule has 1 aliphatic heterocycles. The van der Waals surface area contributed by atoms with E-state index in [9.17, 15) is 9.59 Å². The summed E-state index contributed by atoms with van der Waals surface area (Å²) in [6.07, 6.45) is 2.19. The van der Waals surface area contributed by atoms with Gasteiger partial charge in [-0.2, -0.15) is 0 Å². The number of nitrogens with two attached hydrogens (primary N) is 1. The summed E-state index contributed by atoms with van der Waals surface area (Å²) in [5, 5.41) is 5.83. The Morgan fingerprint density at radius 3 is 2.58 bits per heavy atom. The fourth-order valence-corrected chi connectivity index (χ4v) is 2.01. The lowest BCUT2D eigenvalue weighted by molar-refractivity contribution is -0.127. The Bertz CT molecular complexity index is 320. The molecular formula is C13H25N3O3. The zero-order valence-corrected chi connectivity index (χ0v) is 12.0. The van der Waals surface area contributed by atoms with E-state index in [1.54, 1.807) is 0 Å². The van der Waals surface area contributed by atoms with Crippen LogP contribution in [0.1, 0.15) is 40.0 Å². The Morgan fingerprint density at radius 2 is 2.11 bits per heavy atom. The largest absolute Gasteiger partial charge is 0.377 e. The maximum Gasteiger partial charge on any atom is 0.235 e. The molecular weight excluding hydrogens is 246 g/mol. The third-order valence-corrected chi connectivity index (χ3v) is 2.86. The molecule has 2 amide bonds. The van der Waals surface area contributed by atoms with Crippen LogP contribution in [0.2, 0.25) is 0 Å². The van der Waals surface area contributed by atoms with Crippen LogP contribution < -0.4 is 16.4 Å². The zero-order valence-electron chi connectivity index (χ0n) is 12.0. The van der Waals surface area contributed by atoms with Crippen LogP contribution in [-0.2, 0) is 14.3 Å². The number of primary amides is 1. The van der Waals surface area contributed by atoms with Crippen LogP contribution in [0.4, 0.5) is 0 Å². The van der Waals surface area contributed by atoms with Crippen LogP contribution in [-0.4, -0.2) is 42.7 Å². The molecule has 0 aromatic heterocycles. The average Bonchev–Trinajstić information content (AvgIpc) is 2.73. The third kappa shape index (κ3) is 6.54. The van der Waals surface area contributed by atoms with E-state index < -0.39 is 11.9 Å². The number of rotatable bonds is 6. The van der Waals surface area contributed by atoms with Crippen molar-refractivity contribution in [2.24, 2.45) is 5.73 Å². The van der Waals surface area contributed by atoms with Gasteiger partial charge in [0.15, 0.2) is 0 Å². The van der Waals surface area contributed by atoms with Crippen molar-refractivity contribution in [1.82, 2.24) is 10.6 Å². The number of ether oxygens (including phenoxy) is 1. The average molecular weight is 271 g/mol. The first kappa shape index (κ1) is 15.9. The molecule has 0 spiro atoms. The first-order valence-electron chi connectivity index (χ1n) is 6.73. The van der Waals surface area contributed by atoms with Crippen molar-refractivity contribution in [3.63, 3.8) is 0 Å². The van der Waals surface area contributed by atoms with Crippen molar-refractivity contribution < 1.29 is 14.3 Å². The molecule has 0 aromatic carbocycles. The topological polar surface area (TPSA) is 93.4 Å². The van der Waals surface area contributed by atoms with Gasteiger partial charge in [0.25, 0.3) is 0 Å². The molecule has 110 valence electrons. The van der Waals surface area contributed by atoms with Gasteiger partial charge in [-0.05, 0) is 33.6 Å². The first-order chi connectivity index (χ1) is 8.78. The van der Waals surface area contributed by atoms with Gasteiger partial charge in [-0.1, -0.05) is 0 Å². The van der Waals surface area contributed by atoms with E-state index in [4.69, 9.17) is 10.5 Å². The van der Waals surface area contributed by atoms with Gasteiger partial charge in [-0.15, -0.1) is 0 Å². The Balaban J connectivity index is 2.39. The van der Waals surface area contributed by atoms with E-state index in [1.807, 2.05) is 20.8 Å². The SMILES string of the molecule is CC(C)(C)NC(=O)CC(NCC1CCCO1)C(N)=O. The highest BCUT2D eigenvalue weighted by Gasteiger charge is 2.24. The van der Waals surface area contributed by atoms with Crippen LogP contribution in [0, 0.1) is 0 Å². The molecule has 2 atom stereocenters. The van der Waals surface area contributed by atoms with E-state index in [-0.39, 0.29) is 24.0 Å². The summed E-state index contributed by atoms with van der Waals surface area (Å²) in [5.74, 6) is -0.696. The normalized spacial score (nSPS) is 21.1. The minimum atomic E-state index is -0.647. The smallest absolute Gasteiger partial charge is 0.235 e. The number of carbonyl (C=O) groups excluding carboxylic acids is 2. The lowest BCUT2D eigenvalue weighted by atomic mass is 10.1. The van der Waals surface area contributed by atoms with Crippen molar-refractivity contribution in [3.05, 3.63) is 0 Å². The number of hydrogen-bond donors (Lipinski definition) is 3. The van der Waals surface area contributed by atoms with Gasteiger partial charge >= 0.3 is 0 Å². The predicted octanol–water partition coefficient (Wildman–Crippen LogP) is -0.0863. The molecule has 6 heteroatoms. The van der Waals surface area contributed by atoms with E-state index in [2.05, 4.69) is 10.6 Å². The van der Waals surface area contributed by atoms with Crippen LogP contribution >= 0.6 is 0 Å². The standard InChI is InChI=1S/C13H25N3O3/c1-13(2,3)16-11(17)7-10(12(14)18)15-8-9-5-4-6-19-9/h9-10,15H,4-8H2,1-3H3,(H2,14,18)(H,16,17). The van der Waals surface area contributed by atoms with Crippen molar-refractivity contribution in [1.29, 1.82) is 0 Å². The van der Waals surface area contributed by atoms with Gasteiger partial charge in [-0.3, -0.25) is 9.59 Å². The summed E-state index contributed by atoms with van der Waals surface area (Å²) in [5.41, 5.74) is 5.00. The lowest BCUT2D eigenvalue weighted by Crippen LogP contribution is -2.49. The minimum Gasteiger partial charge on any atom is -0.377 e. The molecule has 2 unspecified atom stereocenters. The highest BCUT2D eigenvalue weighted by Crippen LogP contribution is 2.11. The van der Waals surface area contributed by atoms with Crippen LogP contribution in [0.3, 0.4) is 0 Å². The van der Waals surface area contributed by atoms with E-state index in [0.717, 1.165) is 19.4 Å². The first-order valence-corrected chi connectivity index (χ1v) is 6.73. The number of nitrogens with one attached hydrogen (secondary N) is 2. The lowest BCUT2D eigenvalue weighted by Gasteiger charge is -2.23. The Hall–Kier alpha value is -1.14. The number of carbonyl (C=O) groups is 2. The van der Waals surface area contributed by atoms with Crippen LogP contribution in [0.5, 0.6) is 0 Å². The molecule has 6 nitrogen and oxygen atoms in total. The van der Waals surface area contributed by atoms with Gasteiger partial charge in [0.05, 0.1) is 18.6 Å². The van der Waals surface area contributed by atoms with Crippen molar-refractivity contribution >= 4 is 11.8 Å². The van der Waals surface area contributed by atoms with Crippen molar-refractivity contribution in [3.8, 4) is 0 Å². The molecule has 1 rings (SSSR count). The zero-order chi connectivity index (χ0) is 14.5. The molecule has 1 saturated heterocycles. The summed E-state index contributed by atoms with van der Waals surface area (Å²) >= 11 is 0. The van der Waals surface area contributed by atoms with Crippen molar-refractivity contribution in [2.75, 3.05) is 13.2 Å². The summed E-state index contributed by atoms with van der Waals surface area (Å²) in [6, 6.07) is -0.647. The predicted molar refractivity (Wildman–Crippen MR) is 72.5 cm³/mol. The highest BCUT2D eigenvalue weighted by molar-refractivity contribution is 5.87. The Morgan fingerprint density at radius 1 is 1.42 bits per heavy atom. The molecule has 1 aliphatic rings. The summed E-state index contributed by atoms with van der Waals surface area (Å²) in [6.45, 7) is 6.99. The third-order valence-electron chi connectivity index (χ3n) is 2.86. The summed E-state index contributed by atoms with van der Waals surface area (Å²) in [7, 11) is 0. The maximum absolute atomic E-state index is 11.8. The second-order valence-corrected chi connectivity index (χ2v) is 6.00. The molecule has 1 fully saturated rings. The summed E-state index contributed by atoms with van der Waals surface area (Å²) < 4.78 is 5.45. The summed E-state index contributed by atoms with van der Waals surface area (Å²) in [4.78, 5) is 23.1. The molecule has 0 aromatic rings. The van der Waals surface area contributed by atoms with Crippen LogP contribution in [0.25, 0.3) is 0 Å². The van der Waals surface area contributed by atoms with Gasteiger partial charge in [-0.25, -0.2) is 0 Å². The minimum absolute atomic E-state index is 0.0549. The van der Waals surface area contributed by atoms with E-state index in [1.165, 1.54) is 0 Å². The monoisotopic (exact) mass is 271 g/mol. The van der Waals surface area contributed by atoms with Crippen LogP contribution in [0.15, 0.2) is 0 Å². The fraction of sp³-hybridized carbons (Fsp3) is 0.846. The van der Waals surface area contributed by atoms with Gasteiger partial charge in [0, 0.05) is 18.7 Å². The molecule has 19 heavy (non-hydrogen) atoms. The Labute approximate surface area is 114 Å². The molecule has 4 N–H and O–H groups in total. The quantitative estimate of drug-likeness (QED) is 0.629. The number of hydrogen-bond acceptors (Lipinski definition) is 4. The molecule has 0 radical (unpaired) electrons. The van der Waals surface area contributed by atoms with Gasteiger partial charge in [0.1, 0.15) is 0 Å². The van der Waals surface area contributed by atoms with Gasteiger partial charge in [0.2, 0.25) is 11.8 Å². The number of amides is 2. The van der Waals surface area contributed by atoms with E-state index >= 15 is 0 Å². The highest BCUT2D eigenvalue weighted by atomic mass is 16.5. The molecule has 0 bridgehead atoms. The fourth-order valence-electron chi connectivity index (χ4n) is 2.01. The molecule has 0 aliphatic carbocycles. The van der Waals surface area contributed by atoms with E-state index in [0.29, 0.717) is 6.54 Å². The van der Waals surface area contributed by atoms with Gasteiger partial charge < -0.3 is 21.1 Å². The second-order valence-electron chi connectivity index (χ2n) is 6.00. The second kappa shape index (κ2) is 6.86. The Kier molecular flexibility index (Phi) is 5.75. The molecule has 1 heterocycles. The maximum atomic E-state index is 11.8.